The van der Waals surface area contributed by atoms with E-state index in [1.54, 1.807) is 0 Å². The predicted molar refractivity (Wildman–Crippen MR) is 103 cm³/mol. The van der Waals surface area contributed by atoms with Crippen LogP contribution in [0.15, 0.2) is 15.6 Å². The second kappa shape index (κ2) is 10.4. The van der Waals surface area contributed by atoms with Gasteiger partial charge in [-0.15, -0.1) is 0 Å². The van der Waals surface area contributed by atoms with Gasteiger partial charge in [0.2, 0.25) is 0 Å². The van der Waals surface area contributed by atoms with Gasteiger partial charge in [-0.1, -0.05) is 25.9 Å². The van der Waals surface area contributed by atoms with Crippen molar-refractivity contribution in [1.29, 1.82) is 0 Å². The van der Waals surface area contributed by atoms with Crippen LogP contribution in [0.25, 0.3) is 0 Å². The Morgan fingerprint density at radius 3 is 2.64 bits per heavy atom. The fourth-order valence-electron chi connectivity index (χ4n) is 3.49. The van der Waals surface area contributed by atoms with Gasteiger partial charge >= 0.3 is 0 Å². The number of nitrogens with zero attached hydrogens (tertiary/aromatic N) is 3. The third-order valence-electron chi connectivity index (χ3n) is 5.10. The van der Waals surface area contributed by atoms with Crippen molar-refractivity contribution >= 4 is 5.96 Å². The van der Waals surface area contributed by atoms with Crippen LogP contribution in [-0.2, 0) is 6.54 Å². The fraction of sp³-hybridized carbons (Fsp3) is 0.789. The fourth-order valence-corrected chi connectivity index (χ4v) is 3.49. The van der Waals surface area contributed by atoms with Gasteiger partial charge in [0.05, 0.1) is 12.2 Å². The van der Waals surface area contributed by atoms with E-state index in [1.165, 1.54) is 38.9 Å². The van der Waals surface area contributed by atoms with E-state index in [9.17, 15) is 0 Å². The minimum Gasteiger partial charge on any atom is -0.359 e. The van der Waals surface area contributed by atoms with E-state index in [4.69, 9.17) is 4.52 Å². The molecule has 25 heavy (non-hydrogen) atoms. The first-order chi connectivity index (χ1) is 12.2. The van der Waals surface area contributed by atoms with Crippen molar-refractivity contribution < 1.29 is 4.52 Å². The van der Waals surface area contributed by atoms with Crippen LogP contribution in [0.4, 0.5) is 0 Å². The molecule has 0 atom stereocenters. The van der Waals surface area contributed by atoms with Crippen LogP contribution in [-0.4, -0.2) is 48.7 Å². The molecule has 1 aromatic rings. The molecule has 1 aliphatic rings. The lowest BCUT2D eigenvalue weighted by Crippen LogP contribution is -2.48. The lowest BCUT2D eigenvalue weighted by Gasteiger charge is -2.32. The van der Waals surface area contributed by atoms with E-state index in [0.29, 0.717) is 18.5 Å². The SMILES string of the molecule is CCCN1CCC(NC(=NC)NCc2cc(C(CC)CC)no2)CC1. The Bertz CT molecular complexity index is 516. The molecular formula is C19H35N5O. The van der Waals surface area contributed by atoms with Crippen LogP contribution in [0, 0.1) is 0 Å². The largest absolute Gasteiger partial charge is 0.359 e. The molecule has 1 aliphatic heterocycles. The molecule has 0 saturated carbocycles. The van der Waals surface area contributed by atoms with E-state index in [1.807, 2.05) is 7.05 Å². The van der Waals surface area contributed by atoms with Gasteiger partial charge in [0.1, 0.15) is 0 Å². The van der Waals surface area contributed by atoms with Crippen LogP contribution >= 0.6 is 0 Å². The average Bonchev–Trinajstić information content (AvgIpc) is 3.10. The van der Waals surface area contributed by atoms with Gasteiger partial charge in [-0.05, 0) is 38.6 Å². The zero-order chi connectivity index (χ0) is 18.1. The molecule has 0 aliphatic carbocycles. The molecule has 0 amide bonds. The zero-order valence-electron chi connectivity index (χ0n) is 16.3. The highest BCUT2D eigenvalue weighted by Gasteiger charge is 2.19. The van der Waals surface area contributed by atoms with Crippen molar-refractivity contribution in [2.75, 3.05) is 26.7 Å². The number of likely N-dealkylation sites (tertiary alicyclic amines) is 1. The molecule has 2 rings (SSSR count). The lowest BCUT2D eigenvalue weighted by molar-refractivity contribution is 0.206. The summed E-state index contributed by atoms with van der Waals surface area (Å²) in [6.45, 7) is 10.8. The van der Waals surface area contributed by atoms with E-state index in [0.717, 1.165) is 30.3 Å². The van der Waals surface area contributed by atoms with Gasteiger partial charge in [-0.25, -0.2) is 0 Å². The number of rotatable bonds is 8. The molecule has 1 fully saturated rings. The number of nitrogens with one attached hydrogen (secondary N) is 2. The summed E-state index contributed by atoms with van der Waals surface area (Å²) in [6.07, 6.45) is 5.76. The highest BCUT2D eigenvalue weighted by molar-refractivity contribution is 5.79. The van der Waals surface area contributed by atoms with Crippen molar-refractivity contribution in [3.8, 4) is 0 Å². The quantitative estimate of drug-likeness (QED) is 0.558. The van der Waals surface area contributed by atoms with Crippen LogP contribution in [0.5, 0.6) is 0 Å². The number of aromatic nitrogens is 1. The van der Waals surface area contributed by atoms with E-state index < -0.39 is 0 Å². The monoisotopic (exact) mass is 349 g/mol. The smallest absolute Gasteiger partial charge is 0.191 e. The summed E-state index contributed by atoms with van der Waals surface area (Å²) in [6, 6.07) is 2.57. The van der Waals surface area contributed by atoms with Crippen molar-refractivity contribution in [3.05, 3.63) is 17.5 Å². The lowest BCUT2D eigenvalue weighted by atomic mass is 9.99. The first kappa shape index (κ1) is 19.8. The summed E-state index contributed by atoms with van der Waals surface area (Å²) < 4.78 is 5.47. The summed E-state index contributed by atoms with van der Waals surface area (Å²) in [4.78, 5) is 6.89. The minimum absolute atomic E-state index is 0.489. The summed E-state index contributed by atoms with van der Waals surface area (Å²) in [5.74, 6) is 2.19. The van der Waals surface area contributed by atoms with Crippen molar-refractivity contribution in [3.63, 3.8) is 0 Å². The van der Waals surface area contributed by atoms with E-state index >= 15 is 0 Å². The Morgan fingerprint density at radius 2 is 2.04 bits per heavy atom. The molecule has 6 heteroatoms. The maximum Gasteiger partial charge on any atom is 0.191 e. The number of aliphatic imine (C=N–C) groups is 1. The molecule has 142 valence electrons. The summed E-state index contributed by atoms with van der Waals surface area (Å²) in [5, 5.41) is 11.1. The normalized spacial score (nSPS) is 17.2. The third-order valence-corrected chi connectivity index (χ3v) is 5.10. The maximum atomic E-state index is 5.47. The summed E-state index contributed by atoms with van der Waals surface area (Å²) >= 11 is 0. The van der Waals surface area contributed by atoms with Crippen molar-refractivity contribution in [1.82, 2.24) is 20.7 Å². The molecule has 6 nitrogen and oxygen atoms in total. The Balaban J connectivity index is 1.77. The molecule has 1 aromatic heterocycles. The van der Waals surface area contributed by atoms with Crippen LogP contribution < -0.4 is 10.6 Å². The number of guanidine groups is 1. The van der Waals surface area contributed by atoms with Crippen LogP contribution in [0.2, 0.25) is 0 Å². The van der Waals surface area contributed by atoms with Gasteiger partial charge in [0, 0.05) is 38.2 Å². The molecule has 2 heterocycles. The van der Waals surface area contributed by atoms with Gasteiger partial charge in [0.25, 0.3) is 0 Å². The Labute approximate surface area is 152 Å². The molecule has 0 bridgehead atoms. The number of hydrogen-bond donors (Lipinski definition) is 2. The Morgan fingerprint density at radius 1 is 1.32 bits per heavy atom. The van der Waals surface area contributed by atoms with Crippen molar-refractivity contribution in [2.45, 2.75) is 71.4 Å². The van der Waals surface area contributed by atoms with Gasteiger partial charge in [-0.2, -0.15) is 0 Å². The van der Waals surface area contributed by atoms with Crippen LogP contribution in [0.3, 0.4) is 0 Å². The van der Waals surface area contributed by atoms with Gasteiger partial charge in [-0.3, -0.25) is 4.99 Å². The Kier molecular flexibility index (Phi) is 8.25. The molecule has 2 N–H and O–H groups in total. The highest BCUT2D eigenvalue weighted by Crippen LogP contribution is 2.22. The Hall–Kier alpha value is -1.56. The first-order valence-corrected chi connectivity index (χ1v) is 9.85. The van der Waals surface area contributed by atoms with Crippen LogP contribution in [0.1, 0.15) is 70.2 Å². The number of piperidine rings is 1. The molecule has 0 unspecified atom stereocenters. The first-order valence-electron chi connectivity index (χ1n) is 9.85. The average molecular weight is 350 g/mol. The highest BCUT2D eigenvalue weighted by atomic mass is 16.5. The maximum absolute atomic E-state index is 5.47. The van der Waals surface area contributed by atoms with Gasteiger partial charge in [0.15, 0.2) is 11.7 Å². The molecule has 0 aromatic carbocycles. The minimum atomic E-state index is 0.489. The second-order valence-electron chi connectivity index (χ2n) is 6.92. The summed E-state index contributed by atoms with van der Waals surface area (Å²) in [5.41, 5.74) is 1.06. The molecule has 0 spiro atoms. The summed E-state index contributed by atoms with van der Waals surface area (Å²) in [7, 11) is 1.82. The topological polar surface area (TPSA) is 65.7 Å². The molecule has 0 radical (unpaired) electrons. The second-order valence-corrected chi connectivity index (χ2v) is 6.92. The van der Waals surface area contributed by atoms with Gasteiger partial charge < -0.3 is 20.1 Å². The van der Waals surface area contributed by atoms with E-state index in [-0.39, 0.29) is 0 Å². The van der Waals surface area contributed by atoms with E-state index in [2.05, 4.69) is 52.5 Å². The zero-order valence-corrected chi connectivity index (χ0v) is 16.3. The van der Waals surface area contributed by atoms with Crippen molar-refractivity contribution in [2.24, 2.45) is 4.99 Å². The number of hydrogen-bond acceptors (Lipinski definition) is 4. The standard InChI is InChI=1S/C19H35N5O/c1-5-10-24-11-8-16(9-12-24)22-19(20-4)21-14-17-13-18(23-25-17)15(6-2)7-3/h13,15-16H,5-12,14H2,1-4H3,(H2,20,21,22). The predicted octanol–water partition coefficient (Wildman–Crippen LogP) is 3.12. The molecular weight excluding hydrogens is 314 g/mol. The molecule has 1 saturated heterocycles. The third kappa shape index (κ3) is 6.03.